The van der Waals surface area contributed by atoms with Gasteiger partial charge in [-0.3, -0.25) is 0 Å². The molecule has 1 N–H and O–H groups in total. The Labute approximate surface area is 107 Å². The molecular formula is C15H31NO. The molecule has 0 heterocycles. The van der Waals surface area contributed by atoms with Gasteiger partial charge in [-0.2, -0.15) is 0 Å². The zero-order valence-electron chi connectivity index (χ0n) is 12.3. The third kappa shape index (κ3) is 4.26. The highest BCUT2D eigenvalue weighted by atomic mass is 16.3. The molecule has 1 aliphatic rings. The normalized spacial score (nSPS) is 32.1. The van der Waals surface area contributed by atoms with Crippen molar-refractivity contribution in [2.45, 2.75) is 65.5 Å². The Morgan fingerprint density at radius 2 is 1.88 bits per heavy atom. The van der Waals surface area contributed by atoms with Crippen LogP contribution in [0.15, 0.2) is 0 Å². The summed E-state index contributed by atoms with van der Waals surface area (Å²) in [5, 5.41) is 10.2. The number of likely N-dealkylation sites (N-methyl/N-ethyl adjacent to an activating group) is 1. The maximum Gasteiger partial charge on any atom is 0.0695 e. The van der Waals surface area contributed by atoms with Crippen molar-refractivity contribution in [2.24, 2.45) is 17.8 Å². The molecule has 2 nitrogen and oxygen atoms in total. The van der Waals surface area contributed by atoms with E-state index in [-0.39, 0.29) is 6.10 Å². The predicted molar refractivity (Wildman–Crippen MR) is 74.1 cm³/mol. The largest absolute Gasteiger partial charge is 0.391 e. The molecule has 1 saturated carbocycles. The minimum atomic E-state index is -0.112. The number of rotatable bonds is 5. The van der Waals surface area contributed by atoms with Crippen molar-refractivity contribution >= 4 is 0 Å². The van der Waals surface area contributed by atoms with Crippen molar-refractivity contribution in [1.29, 1.82) is 0 Å². The smallest absolute Gasteiger partial charge is 0.0695 e. The van der Waals surface area contributed by atoms with E-state index in [9.17, 15) is 5.11 Å². The molecule has 0 amide bonds. The molecule has 102 valence electrons. The monoisotopic (exact) mass is 241 g/mol. The third-order valence-corrected chi connectivity index (χ3v) is 4.63. The van der Waals surface area contributed by atoms with E-state index in [1.807, 2.05) is 0 Å². The Balaban J connectivity index is 2.53. The molecule has 0 aromatic heterocycles. The Bertz CT molecular complexity index is 217. The first-order chi connectivity index (χ1) is 7.95. The summed E-state index contributed by atoms with van der Waals surface area (Å²) in [5.41, 5.74) is 0. The average molecular weight is 241 g/mol. The van der Waals surface area contributed by atoms with Gasteiger partial charge in [-0.15, -0.1) is 0 Å². The van der Waals surface area contributed by atoms with E-state index < -0.39 is 0 Å². The second kappa shape index (κ2) is 6.75. The summed E-state index contributed by atoms with van der Waals surface area (Å²) >= 11 is 0. The van der Waals surface area contributed by atoms with Gasteiger partial charge >= 0.3 is 0 Å². The molecule has 0 aromatic rings. The first kappa shape index (κ1) is 15.0. The van der Waals surface area contributed by atoms with Gasteiger partial charge in [-0.05, 0) is 44.1 Å². The molecule has 2 heteroatoms. The molecule has 17 heavy (non-hydrogen) atoms. The van der Waals surface area contributed by atoms with Crippen LogP contribution in [0.5, 0.6) is 0 Å². The predicted octanol–water partition coefficient (Wildman–Crippen LogP) is 3.15. The fourth-order valence-corrected chi connectivity index (χ4v) is 3.00. The molecule has 4 atom stereocenters. The van der Waals surface area contributed by atoms with Gasteiger partial charge in [-0.1, -0.05) is 34.1 Å². The lowest BCUT2D eigenvalue weighted by molar-refractivity contribution is 0.00153. The highest BCUT2D eigenvalue weighted by Gasteiger charge is 2.33. The van der Waals surface area contributed by atoms with Crippen molar-refractivity contribution in [3.8, 4) is 0 Å². The van der Waals surface area contributed by atoms with Crippen LogP contribution in [0.3, 0.4) is 0 Å². The molecule has 1 aliphatic carbocycles. The SMILES string of the molecule is CCC(C)CN(C)C1CC(C(C)C)CCC1O. The number of aliphatic hydroxyl groups excluding tert-OH is 1. The number of hydrogen-bond acceptors (Lipinski definition) is 2. The maximum atomic E-state index is 10.2. The summed E-state index contributed by atoms with van der Waals surface area (Å²) in [5.74, 6) is 2.27. The van der Waals surface area contributed by atoms with Crippen LogP contribution in [0.1, 0.15) is 53.4 Å². The Kier molecular flexibility index (Phi) is 5.94. The summed E-state index contributed by atoms with van der Waals surface area (Å²) in [7, 11) is 2.18. The van der Waals surface area contributed by atoms with Crippen molar-refractivity contribution in [2.75, 3.05) is 13.6 Å². The fourth-order valence-electron chi connectivity index (χ4n) is 3.00. The lowest BCUT2D eigenvalue weighted by atomic mass is 9.77. The van der Waals surface area contributed by atoms with Crippen molar-refractivity contribution < 1.29 is 5.11 Å². The Hall–Kier alpha value is -0.0800. The molecular weight excluding hydrogens is 210 g/mol. The zero-order chi connectivity index (χ0) is 13.0. The van der Waals surface area contributed by atoms with Gasteiger partial charge in [0.2, 0.25) is 0 Å². The highest BCUT2D eigenvalue weighted by Crippen LogP contribution is 2.32. The lowest BCUT2D eigenvalue weighted by Crippen LogP contribution is -2.47. The molecule has 0 aliphatic heterocycles. The van der Waals surface area contributed by atoms with Gasteiger partial charge < -0.3 is 10.0 Å². The minimum absolute atomic E-state index is 0.112. The molecule has 1 rings (SSSR count). The van der Waals surface area contributed by atoms with Crippen LogP contribution in [-0.2, 0) is 0 Å². The molecule has 0 saturated heterocycles. The minimum Gasteiger partial charge on any atom is -0.391 e. The summed E-state index contributed by atoms with van der Waals surface area (Å²) < 4.78 is 0. The van der Waals surface area contributed by atoms with E-state index in [0.717, 1.165) is 30.7 Å². The molecule has 1 fully saturated rings. The van der Waals surface area contributed by atoms with Gasteiger partial charge in [0.1, 0.15) is 0 Å². The summed E-state index contributed by atoms with van der Waals surface area (Å²) in [6, 6.07) is 0.380. The molecule has 4 unspecified atom stereocenters. The van der Waals surface area contributed by atoms with Crippen molar-refractivity contribution in [3.05, 3.63) is 0 Å². The van der Waals surface area contributed by atoms with Gasteiger partial charge in [0.25, 0.3) is 0 Å². The van der Waals surface area contributed by atoms with E-state index in [4.69, 9.17) is 0 Å². The van der Waals surface area contributed by atoms with E-state index >= 15 is 0 Å². The van der Waals surface area contributed by atoms with Gasteiger partial charge in [0, 0.05) is 12.6 Å². The third-order valence-electron chi connectivity index (χ3n) is 4.63. The highest BCUT2D eigenvalue weighted by molar-refractivity contribution is 4.87. The summed E-state index contributed by atoms with van der Waals surface area (Å²) in [6.07, 6.45) is 4.47. The molecule has 0 bridgehead atoms. The molecule has 0 radical (unpaired) electrons. The van der Waals surface area contributed by atoms with Crippen LogP contribution >= 0.6 is 0 Å². The Morgan fingerprint density at radius 1 is 1.24 bits per heavy atom. The first-order valence-electron chi connectivity index (χ1n) is 7.34. The van der Waals surface area contributed by atoms with Crippen molar-refractivity contribution in [1.82, 2.24) is 4.90 Å². The standard InChI is InChI=1S/C15H31NO/c1-6-12(4)10-16(5)14-9-13(11(2)3)7-8-15(14)17/h11-15,17H,6-10H2,1-5H3. The van der Waals surface area contributed by atoms with Crippen LogP contribution in [0.2, 0.25) is 0 Å². The zero-order valence-corrected chi connectivity index (χ0v) is 12.3. The Morgan fingerprint density at radius 3 is 2.41 bits per heavy atom. The number of aliphatic hydroxyl groups is 1. The maximum absolute atomic E-state index is 10.2. The van der Waals surface area contributed by atoms with E-state index in [1.54, 1.807) is 0 Å². The topological polar surface area (TPSA) is 23.5 Å². The summed E-state index contributed by atoms with van der Waals surface area (Å²) in [4.78, 5) is 2.40. The van der Waals surface area contributed by atoms with Crippen LogP contribution in [0.4, 0.5) is 0 Å². The number of nitrogens with zero attached hydrogens (tertiary/aromatic N) is 1. The molecule has 0 aromatic carbocycles. The first-order valence-corrected chi connectivity index (χ1v) is 7.34. The van der Waals surface area contributed by atoms with Crippen LogP contribution in [-0.4, -0.2) is 35.7 Å². The second-order valence-corrected chi connectivity index (χ2v) is 6.40. The van der Waals surface area contributed by atoms with Crippen LogP contribution in [0.25, 0.3) is 0 Å². The van der Waals surface area contributed by atoms with Crippen LogP contribution < -0.4 is 0 Å². The molecule has 0 spiro atoms. The van der Waals surface area contributed by atoms with E-state index in [2.05, 4.69) is 39.6 Å². The van der Waals surface area contributed by atoms with Gasteiger partial charge in [0.05, 0.1) is 6.10 Å². The lowest BCUT2D eigenvalue weighted by Gasteiger charge is -2.41. The quantitative estimate of drug-likeness (QED) is 0.799. The average Bonchev–Trinajstić information content (AvgIpc) is 2.28. The van der Waals surface area contributed by atoms with Crippen LogP contribution in [0, 0.1) is 17.8 Å². The van der Waals surface area contributed by atoms with E-state index in [1.165, 1.54) is 19.3 Å². The number of hydrogen-bond donors (Lipinski definition) is 1. The fraction of sp³-hybridized carbons (Fsp3) is 1.00. The summed E-state index contributed by atoms with van der Waals surface area (Å²) in [6.45, 7) is 10.3. The van der Waals surface area contributed by atoms with Crippen molar-refractivity contribution in [3.63, 3.8) is 0 Å². The van der Waals surface area contributed by atoms with E-state index in [0.29, 0.717) is 6.04 Å². The van der Waals surface area contributed by atoms with Gasteiger partial charge in [0.15, 0.2) is 0 Å². The second-order valence-electron chi connectivity index (χ2n) is 6.40. The van der Waals surface area contributed by atoms with Gasteiger partial charge in [-0.25, -0.2) is 0 Å².